The molecule has 1 aliphatic heterocycles. The average Bonchev–Trinajstić information content (AvgIpc) is 3.08. The summed E-state index contributed by atoms with van der Waals surface area (Å²) in [6.07, 6.45) is 1.62. The highest BCUT2D eigenvalue weighted by Gasteiger charge is 2.52. The average molecular weight is 384 g/mol. The van der Waals surface area contributed by atoms with E-state index in [1.54, 1.807) is 18.3 Å². The Kier molecular flexibility index (Phi) is 3.83. The van der Waals surface area contributed by atoms with Gasteiger partial charge in [-0.05, 0) is 55.8 Å². The van der Waals surface area contributed by atoms with Gasteiger partial charge in [0.1, 0.15) is 0 Å². The summed E-state index contributed by atoms with van der Waals surface area (Å²) in [5.41, 5.74) is -0.838. The van der Waals surface area contributed by atoms with E-state index >= 15 is 0 Å². The lowest BCUT2D eigenvalue weighted by Crippen LogP contribution is -2.41. The maximum Gasteiger partial charge on any atom is 0.507 e. The van der Waals surface area contributed by atoms with Gasteiger partial charge in [0, 0.05) is 6.20 Å². The molecular weight excluding hydrogens is 369 g/mol. The standard InChI is InChI=1S/C14H15BBrNO4S/c1-13(2)14(3,4)21-15(20-13)9-7-17-12(22-9)11(18)8-5-6-10(16)19-8/h5-7H,1-4H3. The van der Waals surface area contributed by atoms with Gasteiger partial charge in [0.15, 0.2) is 15.4 Å². The molecule has 0 spiro atoms. The second-order valence-corrected chi connectivity index (χ2v) is 7.93. The van der Waals surface area contributed by atoms with Crippen LogP contribution in [0.3, 0.4) is 0 Å². The van der Waals surface area contributed by atoms with E-state index in [1.807, 2.05) is 27.7 Å². The molecule has 8 heteroatoms. The van der Waals surface area contributed by atoms with E-state index in [0.29, 0.717) is 9.68 Å². The smallest absolute Gasteiger partial charge is 0.446 e. The summed E-state index contributed by atoms with van der Waals surface area (Å²) in [6, 6.07) is 3.29. The van der Waals surface area contributed by atoms with E-state index in [0.717, 1.165) is 4.78 Å². The van der Waals surface area contributed by atoms with E-state index < -0.39 is 18.3 Å². The van der Waals surface area contributed by atoms with Crippen molar-refractivity contribution in [1.29, 1.82) is 0 Å². The third-order valence-electron chi connectivity index (χ3n) is 4.00. The van der Waals surface area contributed by atoms with E-state index in [1.165, 1.54) is 11.3 Å². The van der Waals surface area contributed by atoms with Crippen molar-refractivity contribution >= 4 is 44.9 Å². The van der Waals surface area contributed by atoms with Crippen LogP contribution in [0.4, 0.5) is 0 Å². The van der Waals surface area contributed by atoms with Gasteiger partial charge in [-0.2, -0.15) is 0 Å². The first-order valence-corrected chi connectivity index (χ1v) is 8.42. The summed E-state index contributed by atoms with van der Waals surface area (Å²) >= 11 is 4.44. The van der Waals surface area contributed by atoms with Crippen molar-refractivity contribution in [2.75, 3.05) is 0 Å². The summed E-state index contributed by atoms with van der Waals surface area (Å²) in [6.45, 7) is 7.95. The first-order valence-electron chi connectivity index (χ1n) is 6.81. The molecule has 1 fully saturated rings. The van der Waals surface area contributed by atoms with Crippen LogP contribution in [-0.2, 0) is 9.31 Å². The van der Waals surface area contributed by atoms with E-state index in [-0.39, 0.29) is 11.5 Å². The Bertz CT molecular complexity index is 708. The van der Waals surface area contributed by atoms with Gasteiger partial charge in [-0.3, -0.25) is 4.79 Å². The van der Waals surface area contributed by atoms with Gasteiger partial charge < -0.3 is 13.7 Å². The summed E-state index contributed by atoms with van der Waals surface area (Å²) in [5.74, 6) is 0.000149. The van der Waals surface area contributed by atoms with Crippen molar-refractivity contribution in [3.8, 4) is 0 Å². The number of hydrogen-bond acceptors (Lipinski definition) is 6. The minimum Gasteiger partial charge on any atom is -0.446 e. The molecule has 0 bridgehead atoms. The number of halogens is 1. The molecule has 0 saturated carbocycles. The second-order valence-electron chi connectivity index (χ2n) is 6.09. The summed E-state index contributed by atoms with van der Waals surface area (Å²) < 4.78 is 18.5. The minimum atomic E-state index is -0.507. The fraction of sp³-hybridized carbons (Fsp3) is 0.429. The maximum absolute atomic E-state index is 12.3. The highest BCUT2D eigenvalue weighted by Crippen LogP contribution is 2.36. The number of thiazole rings is 1. The largest absolute Gasteiger partial charge is 0.507 e. The van der Waals surface area contributed by atoms with Crippen LogP contribution in [0.2, 0.25) is 0 Å². The number of hydrogen-bond donors (Lipinski definition) is 0. The predicted molar refractivity (Wildman–Crippen MR) is 87.7 cm³/mol. The molecule has 2 aromatic rings. The second kappa shape index (κ2) is 5.30. The predicted octanol–water partition coefficient (Wildman–Crippen LogP) is 3.03. The fourth-order valence-electron chi connectivity index (χ4n) is 2.00. The molecule has 0 aromatic carbocycles. The summed E-state index contributed by atoms with van der Waals surface area (Å²) in [7, 11) is -0.507. The number of furan rings is 1. The summed E-state index contributed by atoms with van der Waals surface area (Å²) in [5, 5.41) is 0.353. The molecule has 3 heterocycles. The van der Waals surface area contributed by atoms with Crippen molar-refractivity contribution in [2.24, 2.45) is 0 Å². The SMILES string of the molecule is CC1(C)OB(c2cnc(C(=O)c3ccc(Br)o3)s2)OC1(C)C. The van der Waals surface area contributed by atoms with Crippen LogP contribution in [0, 0.1) is 0 Å². The first kappa shape index (κ1) is 15.9. The lowest BCUT2D eigenvalue weighted by Gasteiger charge is -2.32. The Morgan fingerprint density at radius 3 is 2.41 bits per heavy atom. The van der Waals surface area contributed by atoms with Gasteiger partial charge in [0.05, 0.1) is 16.0 Å². The van der Waals surface area contributed by atoms with Crippen LogP contribution < -0.4 is 4.78 Å². The molecule has 0 radical (unpaired) electrons. The number of nitrogens with zero attached hydrogens (tertiary/aromatic N) is 1. The van der Waals surface area contributed by atoms with Crippen molar-refractivity contribution in [3.63, 3.8) is 0 Å². The highest BCUT2D eigenvalue weighted by atomic mass is 79.9. The van der Waals surface area contributed by atoms with Crippen LogP contribution in [0.25, 0.3) is 0 Å². The normalized spacial score (nSPS) is 19.6. The number of aromatic nitrogens is 1. The van der Waals surface area contributed by atoms with Crippen molar-refractivity contribution < 1.29 is 18.5 Å². The van der Waals surface area contributed by atoms with Crippen LogP contribution in [0.5, 0.6) is 0 Å². The lowest BCUT2D eigenvalue weighted by atomic mass is 9.89. The molecule has 0 N–H and O–H groups in total. The lowest BCUT2D eigenvalue weighted by molar-refractivity contribution is 0.00578. The molecule has 1 aliphatic rings. The number of carbonyl (C=O) groups excluding carboxylic acids is 1. The maximum atomic E-state index is 12.3. The quantitative estimate of drug-likeness (QED) is 0.602. The monoisotopic (exact) mass is 383 g/mol. The first-order chi connectivity index (χ1) is 10.2. The molecule has 2 aromatic heterocycles. The molecule has 22 heavy (non-hydrogen) atoms. The van der Waals surface area contributed by atoms with Gasteiger partial charge in [0.2, 0.25) is 0 Å². The minimum absolute atomic E-state index is 0.251. The highest BCUT2D eigenvalue weighted by molar-refractivity contribution is 9.10. The van der Waals surface area contributed by atoms with Crippen molar-refractivity contribution in [2.45, 2.75) is 38.9 Å². The van der Waals surface area contributed by atoms with Gasteiger partial charge >= 0.3 is 7.12 Å². The van der Waals surface area contributed by atoms with E-state index in [4.69, 9.17) is 13.7 Å². The van der Waals surface area contributed by atoms with Gasteiger partial charge in [-0.25, -0.2) is 4.98 Å². The number of rotatable bonds is 3. The van der Waals surface area contributed by atoms with Crippen LogP contribution >= 0.6 is 27.3 Å². The Hall–Kier alpha value is -0.955. The van der Waals surface area contributed by atoms with Gasteiger partial charge in [-0.1, -0.05) is 0 Å². The number of ketones is 1. The van der Waals surface area contributed by atoms with Gasteiger partial charge in [0.25, 0.3) is 5.78 Å². The molecule has 3 rings (SSSR count). The Labute approximate surface area is 141 Å². The Balaban J connectivity index is 1.82. The van der Waals surface area contributed by atoms with Crippen molar-refractivity contribution in [3.05, 3.63) is 33.8 Å². The zero-order chi connectivity index (χ0) is 16.1. The third kappa shape index (κ3) is 2.69. The molecule has 5 nitrogen and oxygen atoms in total. The zero-order valence-electron chi connectivity index (χ0n) is 12.7. The van der Waals surface area contributed by atoms with E-state index in [9.17, 15) is 4.79 Å². The Morgan fingerprint density at radius 1 is 1.23 bits per heavy atom. The summed E-state index contributed by atoms with van der Waals surface area (Å²) in [4.78, 5) is 16.5. The van der Waals surface area contributed by atoms with Crippen molar-refractivity contribution in [1.82, 2.24) is 4.98 Å². The molecule has 0 amide bonds. The number of carbonyl (C=O) groups is 1. The van der Waals surface area contributed by atoms with Crippen LogP contribution in [-0.4, -0.2) is 29.1 Å². The Morgan fingerprint density at radius 2 is 1.86 bits per heavy atom. The van der Waals surface area contributed by atoms with Crippen LogP contribution in [0.15, 0.2) is 27.4 Å². The fourth-order valence-corrected chi connectivity index (χ4v) is 3.13. The molecule has 116 valence electrons. The van der Waals surface area contributed by atoms with Crippen LogP contribution in [0.1, 0.15) is 43.3 Å². The van der Waals surface area contributed by atoms with E-state index in [2.05, 4.69) is 20.9 Å². The zero-order valence-corrected chi connectivity index (χ0v) is 15.1. The topological polar surface area (TPSA) is 61.6 Å². The van der Waals surface area contributed by atoms with Gasteiger partial charge in [-0.15, -0.1) is 11.3 Å². The third-order valence-corrected chi connectivity index (χ3v) is 5.44. The molecular formula is C14H15BBrNO4S. The molecule has 1 saturated heterocycles. The molecule has 0 unspecified atom stereocenters. The molecule has 0 aliphatic carbocycles. The molecule has 0 atom stereocenters.